The molecule has 0 fully saturated rings. The van der Waals surface area contributed by atoms with Crippen LogP contribution >= 0.6 is 0 Å². The molecule has 0 radical (unpaired) electrons. The molecular formula is C13H13NO. The van der Waals surface area contributed by atoms with E-state index in [0.29, 0.717) is 0 Å². The van der Waals surface area contributed by atoms with Crippen molar-refractivity contribution in [3.05, 3.63) is 48.2 Å². The van der Waals surface area contributed by atoms with Crippen LogP contribution in [0.2, 0.25) is 0 Å². The number of hydrogen-bond acceptors (Lipinski definition) is 2. The van der Waals surface area contributed by atoms with Crippen LogP contribution in [0.4, 0.5) is 0 Å². The molecule has 0 saturated heterocycles. The molecule has 0 spiro atoms. The summed E-state index contributed by atoms with van der Waals surface area (Å²) in [5, 5.41) is 0. The molecule has 0 aliphatic carbocycles. The van der Waals surface area contributed by atoms with E-state index in [-0.39, 0.29) is 0 Å². The van der Waals surface area contributed by atoms with E-state index in [2.05, 4.69) is 36.2 Å². The molecule has 0 amide bonds. The van der Waals surface area contributed by atoms with E-state index < -0.39 is 0 Å². The molecule has 1 aromatic heterocycles. The molecule has 1 heterocycles. The van der Waals surface area contributed by atoms with Crippen molar-refractivity contribution in [1.29, 1.82) is 0 Å². The number of pyridine rings is 1. The molecule has 15 heavy (non-hydrogen) atoms. The first-order chi connectivity index (χ1) is 7.29. The fourth-order valence-corrected chi connectivity index (χ4v) is 1.42. The van der Waals surface area contributed by atoms with Crippen LogP contribution in [0.3, 0.4) is 0 Å². The highest BCUT2D eigenvalue weighted by Crippen LogP contribution is 2.21. The van der Waals surface area contributed by atoms with Gasteiger partial charge in [0.25, 0.3) is 0 Å². The lowest BCUT2D eigenvalue weighted by Gasteiger charge is -2.03. The van der Waals surface area contributed by atoms with Crippen molar-refractivity contribution in [1.82, 2.24) is 4.98 Å². The van der Waals surface area contributed by atoms with Crippen LogP contribution in [0.5, 0.6) is 5.75 Å². The normalized spacial score (nSPS) is 10.0. The highest BCUT2D eigenvalue weighted by atomic mass is 16.5. The maximum atomic E-state index is 5.16. The molecule has 2 nitrogen and oxygen atoms in total. The van der Waals surface area contributed by atoms with Crippen molar-refractivity contribution in [3.63, 3.8) is 0 Å². The molecule has 2 heteroatoms. The van der Waals surface area contributed by atoms with Gasteiger partial charge >= 0.3 is 0 Å². The molecule has 2 rings (SSSR count). The highest BCUT2D eigenvalue weighted by molar-refractivity contribution is 5.60. The van der Waals surface area contributed by atoms with Crippen molar-refractivity contribution < 1.29 is 4.74 Å². The van der Waals surface area contributed by atoms with E-state index in [0.717, 1.165) is 17.0 Å². The maximum Gasteiger partial charge on any atom is 0.122 e. The standard InChI is InChI=1S/C13H13NO/c1-10-3-5-11(6-4-10)13-9-12(15-2)7-8-14-13/h3-9H,1-2H3. The van der Waals surface area contributed by atoms with Gasteiger partial charge in [0.1, 0.15) is 5.75 Å². The quantitative estimate of drug-likeness (QED) is 0.741. The highest BCUT2D eigenvalue weighted by Gasteiger charge is 1.99. The van der Waals surface area contributed by atoms with E-state index in [9.17, 15) is 0 Å². The molecular weight excluding hydrogens is 186 g/mol. The molecule has 1 aromatic carbocycles. The van der Waals surface area contributed by atoms with Crippen molar-refractivity contribution in [2.45, 2.75) is 6.92 Å². The molecule has 76 valence electrons. The molecule has 2 aromatic rings. The Morgan fingerprint density at radius 1 is 1.07 bits per heavy atom. The topological polar surface area (TPSA) is 22.1 Å². The summed E-state index contributed by atoms with van der Waals surface area (Å²) in [5.41, 5.74) is 3.30. The van der Waals surface area contributed by atoms with Crippen LogP contribution in [0.1, 0.15) is 5.56 Å². The molecule has 0 unspecified atom stereocenters. The fourth-order valence-electron chi connectivity index (χ4n) is 1.42. The van der Waals surface area contributed by atoms with E-state index in [4.69, 9.17) is 4.74 Å². The van der Waals surface area contributed by atoms with Crippen LogP contribution in [0, 0.1) is 6.92 Å². The van der Waals surface area contributed by atoms with Crippen molar-refractivity contribution in [2.75, 3.05) is 7.11 Å². The number of nitrogens with zero attached hydrogens (tertiary/aromatic N) is 1. The number of benzene rings is 1. The Kier molecular flexibility index (Phi) is 2.68. The summed E-state index contributed by atoms with van der Waals surface area (Å²) in [6, 6.07) is 12.1. The second-order valence-electron chi connectivity index (χ2n) is 3.45. The molecule has 0 aliphatic rings. The first kappa shape index (κ1) is 9.71. The monoisotopic (exact) mass is 199 g/mol. The summed E-state index contributed by atoms with van der Waals surface area (Å²) >= 11 is 0. The predicted molar refractivity (Wildman–Crippen MR) is 61.0 cm³/mol. The summed E-state index contributed by atoms with van der Waals surface area (Å²) in [6.45, 7) is 2.07. The van der Waals surface area contributed by atoms with Gasteiger partial charge in [0.15, 0.2) is 0 Å². The van der Waals surface area contributed by atoms with E-state index in [1.807, 2.05) is 12.1 Å². The average Bonchev–Trinajstić information content (AvgIpc) is 2.30. The molecule has 0 N–H and O–H groups in total. The molecule has 0 atom stereocenters. The minimum absolute atomic E-state index is 0.834. The Balaban J connectivity index is 2.40. The predicted octanol–water partition coefficient (Wildman–Crippen LogP) is 3.07. The first-order valence-electron chi connectivity index (χ1n) is 4.86. The van der Waals surface area contributed by atoms with Gasteiger partial charge in [0.05, 0.1) is 12.8 Å². The van der Waals surface area contributed by atoms with Crippen molar-refractivity contribution in [2.24, 2.45) is 0 Å². The lowest BCUT2D eigenvalue weighted by Crippen LogP contribution is -1.87. The Labute approximate surface area is 89.6 Å². The number of methoxy groups -OCH3 is 1. The third-order valence-electron chi connectivity index (χ3n) is 2.31. The lowest BCUT2D eigenvalue weighted by atomic mass is 10.1. The van der Waals surface area contributed by atoms with Gasteiger partial charge in [-0.1, -0.05) is 29.8 Å². The zero-order chi connectivity index (χ0) is 10.7. The second-order valence-corrected chi connectivity index (χ2v) is 3.45. The van der Waals surface area contributed by atoms with Gasteiger partial charge in [-0.15, -0.1) is 0 Å². The molecule has 0 saturated carbocycles. The molecule has 0 aliphatic heterocycles. The SMILES string of the molecule is COc1ccnc(-c2ccc(C)cc2)c1. The zero-order valence-corrected chi connectivity index (χ0v) is 8.90. The number of aryl methyl sites for hydroxylation is 1. The number of rotatable bonds is 2. The van der Waals surface area contributed by atoms with Gasteiger partial charge in [-0.2, -0.15) is 0 Å². The summed E-state index contributed by atoms with van der Waals surface area (Å²) in [7, 11) is 1.66. The van der Waals surface area contributed by atoms with E-state index >= 15 is 0 Å². The fraction of sp³-hybridized carbons (Fsp3) is 0.154. The Morgan fingerprint density at radius 2 is 1.80 bits per heavy atom. The lowest BCUT2D eigenvalue weighted by molar-refractivity contribution is 0.414. The smallest absolute Gasteiger partial charge is 0.122 e. The summed E-state index contributed by atoms with van der Waals surface area (Å²) in [6.07, 6.45) is 1.76. The van der Waals surface area contributed by atoms with Gasteiger partial charge < -0.3 is 4.74 Å². The third kappa shape index (κ3) is 2.15. The maximum absolute atomic E-state index is 5.16. The van der Waals surface area contributed by atoms with Crippen LogP contribution in [-0.4, -0.2) is 12.1 Å². The number of aromatic nitrogens is 1. The van der Waals surface area contributed by atoms with Crippen molar-refractivity contribution >= 4 is 0 Å². The van der Waals surface area contributed by atoms with Crippen molar-refractivity contribution in [3.8, 4) is 17.0 Å². The third-order valence-corrected chi connectivity index (χ3v) is 2.31. The van der Waals surface area contributed by atoms with Crippen LogP contribution in [0.25, 0.3) is 11.3 Å². The Bertz CT molecular complexity index is 448. The Hall–Kier alpha value is -1.83. The Morgan fingerprint density at radius 3 is 2.47 bits per heavy atom. The van der Waals surface area contributed by atoms with Gasteiger partial charge in [0.2, 0.25) is 0 Å². The van der Waals surface area contributed by atoms with Crippen LogP contribution in [0.15, 0.2) is 42.6 Å². The van der Waals surface area contributed by atoms with Crippen LogP contribution < -0.4 is 4.74 Å². The minimum Gasteiger partial charge on any atom is -0.497 e. The largest absolute Gasteiger partial charge is 0.497 e. The van der Waals surface area contributed by atoms with Gasteiger partial charge in [-0.25, -0.2) is 0 Å². The first-order valence-corrected chi connectivity index (χ1v) is 4.86. The minimum atomic E-state index is 0.834. The summed E-state index contributed by atoms with van der Waals surface area (Å²) < 4.78 is 5.16. The van der Waals surface area contributed by atoms with E-state index in [1.165, 1.54) is 5.56 Å². The summed E-state index contributed by atoms with van der Waals surface area (Å²) in [4.78, 5) is 4.31. The second kappa shape index (κ2) is 4.13. The van der Waals surface area contributed by atoms with Gasteiger partial charge in [0, 0.05) is 17.8 Å². The zero-order valence-electron chi connectivity index (χ0n) is 8.90. The van der Waals surface area contributed by atoms with Crippen LogP contribution in [-0.2, 0) is 0 Å². The molecule has 0 bridgehead atoms. The summed E-state index contributed by atoms with van der Waals surface area (Å²) in [5.74, 6) is 0.834. The van der Waals surface area contributed by atoms with Gasteiger partial charge in [-0.05, 0) is 13.0 Å². The van der Waals surface area contributed by atoms with Gasteiger partial charge in [-0.3, -0.25) is 4.98 Å². The number of ether oxygens (including phenoxy) is 1. The number of hydrogen-bond donors (Lipinski definition) is 0. The van der Waals surface area contributed by atoms with E-state index in [1.54, 1.807) is 13.3 Å². The average molecular weight is 199 g/mol.